The predicted molar refractivity (Wildman–Crippen MR) is 99.0 cm³/mol. The first-order chi connectivity index (χ1) is 11.5. The number of methoxy groups -OCH3 is 2. The zero-order valence-electron chi connectivity index (χ0n) is 13.4. The molecule has 0 aliphatic rings. The minimum absolute atomic E-state index is 0.134. The summed E-state index contributed by atoms with van der Waals surface area (Å²) in [7, 11) is 3.16. The van der Waals surface area contributed by atoms with Crippen LogP contribution in [0.5, 0.6) is 11.5 Å². The van der Waals surface area contributed by atoms with Crippen LogP contribution in [0.3, 0.4) is 0 Å². The molecule has 128 valence electrons. The molecule has 0 bridgehead atoms. The normalized spacial score (nSPS) is 10.2. The maximum Gasteiger partial charge on any atom is 0.239 e. The molecule has 1 amide bonds. The molecule has 0 heterocycles. The fraction of sp³-hybridized carbons (Fsp3) is 0.235. The summed E-state index contributed by atoms with van der Waals surface area (Å²) in [6.07, 6.45) is 0. The Bertz CT molecular complexity index is 725. The van der Waals surface area contributed by atoms with E-state index in [0.29, 0.717) is 28.8 Å². The molecule has 0 saturated heterocycles. The number of rotatable bonds is 7. The molecule has 0 aromatic heterocycles. The summed E-state index contributed by atoms with van der Waals surface area (Å²) < 4.78 is 11.3. The van der Waals surface area contributed by atoms with Crippen molar-refractivity contribution in [3.63, 3.8) is 0 Å². The number of halogens is 2. The lowest BCUT2D eigenvalue weighted by Crippen LogP contribution is -2.29. The van der Waals surface area contributed by atoms with E-state index in [9.17, 15) is 4.79 Å². The number of anilines is 1. The van der Waals surface area contributed by atoms with E-state index in [-0.39, 0.29) is 12.5 Å². The Kier molecular flexibility index (Phi) is 6.75. The first-order valence-electron chi connectivity index (χ1n) is 7.20. The molecule has 2 aromatic rings. The van der Waals surface area contributed by atoms with E-state index in [2.05, 4.69) is 26.6 Å². The van der Waals surface area contributed by atoms with E-state index < -0.39 is 0 Å². The largest absolute Gasteiger partial charge is 0.493 e. The molecule has 0 spiro atoms. The molecule has 0 atom stereocenters. The Morgan fingerprint density at radius 3 is 2.54 bits per heavy atom. The van der Waals surface area contributed by atoms with E-state index in [0.717, 1.165) is 10.0 Å². The smallest absolute Gasteiger partial charge is 0.239 e. The quantitative estimate of drug-likeness (QED) is 0.724. The molecule has 0 aliphatic carbocycles. The Labute approximate surface area is 154 Å². The first kappa shape index (κ1) is 18.4. The molecular weight excluding hydrogens is 396 g/mol. The highest BCUT2D eigenvalue weighted by Gasteiger charge is 2.07. The van der Waals surface area contributed by atoms with Gasteiger partial charge in [-0.1, -0.05) is 33.6 Å². The van der Waals surface area contributed by atoms with Crippen LogP contribution in [-0.4, -0.2) is 26.7 Å². The van der Waals surface area contributed by atoms with Crippen LogP contribution in [0.4, 0.5) is 5.69 Å². The summed E-state index contributed by atoms with van der Waals surface area (Å²) in [5.41, 5.74) is 1.63. The highest BCUT2D eigenvalue weighted by Crippen LogP contribution is 2.27. The summed E-state index contributed by atoms with van der Waals surface area (Å²) >= 11 is 9.44. The summed E-state index contributed by atoms with van der Waals surface area (Å²) in [6, 6.07) is 11.0. The number of amides is 1. The van der Waals surface area contributed by atoms with Gasteiger partial charge in [0.25, 0.3) is 0 Å². The van der Waals surface area contributed by atoms with E-state index in [4.69, 9.17) is 21.1 Å². The van der Waals surface area contributed by atoms with Crippen molar-refractivity contribution in [3.05, 3.63) is 51.5 Å². The van der Waals surface area contributed by atoms with Crippen LogP contribution in [0.15, 0.2) is 40.9 Å². The molecule has 7 heteroatoms. The van der Waals surface area contributed by atoms with Gasteiger partial charge in [-0.15, -0.1) is 0 Å². The van der Waals surface area contributed by atoms with Crippen molar-refractivity contribution in [3.8, 4) is 11.5 Å². The zero-order valence-corrected chi connectivity index (χ0v) is 15.7. The van der Waals surface area contributed by atoms with Crippen molar-refractivity contribution in [2.45, 2.75) is 6.54 Å². The molecule has 2 N–H and O–H groups in total. The molecule has 0 saturated carbocycles. The molecule has 2 rings (SSSR count). The highest BCUT2D eigenvalue weighted by atomic mass is 79.9. The third-order valence-corrected chi connectivity index (χ3v) is 4.11. The molecule has 0 unspecified atom stereocenters. The second-order valence-corrected chi connectivity index (χ2v) is 6.27. The summed E-state index contributed by atoms with van der Waals surface area (Å²) in [6.45, 7) is 0.531. The monoisotopic (exact) mass is 412 g/mol. The van der Waals surface area contributed by atoms with Gasteiger partial charge in [0.05, 0.1) is 31.5 Å². The second-order valence-electron chi connectivity index (χ2n) is 4.94. The Morgan fingerprint density at radius 2 is 1.88 bits per heavy atom. The number of hydrogen-bond donors (Lipinski definition) is 2. The van der Waals surface area contributed by atoms with Gasteiger partial charge in [0.2, 0.25) is 5.91 Å². The van der Waals surface area contributed by atoms with Crippen molar-refractivity contribution in [1.29, 1.82) is 0 Å². The average Bonchev–Trinajstić information content (AvgIpc) is 2.58. The van der Waals surface area contributed by atoms with E-state index in [1.807, 2.05) is 24.3 Å². The predicted octanol–water partition coefficient (Wildman–Crippen LogP) is 3.85. The van der Waals surface area contributed by atoms with Crippen LogP contribution >= 0.6 is 27.5 Å². The minimum Gasteiger partial charge on any atom is -0.493 e. The van der Waals surface area contributed by atoms with E-state index >= 15 is 0 Å². The molecular formula is C17H18BrClN2O3. The zero-order chi connectivity index (χ0) is 17.5. The van der Waals surface area contributed by atoms with Gasteiger partial charge in [-0.2, -0.15) is 0 Å². The van der Waals surface area contributed by atoms with E-state index in [1.54, 1.807) is 26.4 Å². The molecule has 0 fully saturated rings. The third-order valence-electron chi connectivity index (χ3n) is 3.31. The van der Waals surface area contributed by atoms with Crippen LogP contribution in [0, 0.1) is 0 Å². The van der Waals surface area contributed by atoms with Crippen LogP contribution in [-0.2, 0) is 11.3 Å². The summed E-state index contributed by atoms with van der Waals surface area (Å²) in [5.74, 6) is 1.15. The standard InChI is InChI=1S/C17H18BrClN2O3/c1-23-15-6-3-11(7-16(15)24-2)9-21-17(22)10-20-14-5-4-12(18)8-13(14)19/h3-8,20H,9-10H2,1-2H3,(H,21,22). The molecule has 0 radical (unpaired) electrons. The lowest BCUT2D eigenvalue weighted by molar-refractivity contribution is -0.119. The number of hydrogen-bond acceptors (Lipinski definition) is 4. The summed E-state index contributed by atoms with van der Waals surface area (Å²) in [4.78, 5) is 12.0. The van der Waals surface area contributed by atoms with Crippen LogP contribution in [0.2, 0.25) is 5.02 Å². The number of ether oxygens (including phenoxy) is 2. The lowest BCUT2D eigenvalue weighted by Gasteiger charge is -2.11. The second kappa shape index (κ2) is 8.80. The van der Waals surface area contributed by atoms with Crippen molar-refractivity contribution in [1.82, 2.24) is 5.32 Å². The molecule has 2 aromatic carbocycles. The number of carbonyl (C=O) groups is 1. The third kappa shape index (κ3) is 5.04. The van der Waals surface area contributed by atoms with Crippen LogP contribution < -0.4 is 20.1 Å². The van der Waals surface area contributed by atoms with Gasteiger partial charge in [0.1, 0.15) is 0 Å². The fourth-order valence-corrected chi connectivity index (χ4v) is 2.80. The van der Waals surface area contributed by atoms with Gasteiger partial charge in [-0.05, 0) is 35.9 Å². The summed E-state index contributed by atoms with van der Waals surface area (Å²) in [5, 5.41) is 6.40. The highest BCUT2D eigenvalue weighted by molar-refractivity contribution is 9.10. The van der Waals surface area contributed by atoms with Gasteiger partial charge in [0, 0.05) is 11.0 Å². The van der Waals surface area contributed by atoms with Crippen molar-refractivity contribution in [2.75, 3.05) is 26.1 Å². The Morgan fingerprint density at radius 1 is 1.12 bits per heavy atom. The van der Waals surface area contributed by atoms with Crippen molar-refractivity contribution in [2.24, 2.45) is 0 Å². The topological polar surface area (TPSA) is 59.6 Å². The van der Waals surface area contributed by atoms with Gasteiger partial charge < -0.3 is 20.1 Å². The molecule has 5 nitrogen and oxygen atoms in total. The fourth-order valence-electron chi connectivity index (χ4n) is 2.06. The SMILES string of the molecule is COc1ccc(CNC(=O)CNc2ccc(Br)cc2Cl)cc1OC. The van der Waals surface area contributed by atoms with Crippen LogP contribution in [0.1, 0.15) is 5.56 Å². The maximum absolute atomic E-state index is 12.0. The van der Waals surface area contributed by atoms with Gasteiger partial charge in [-0.3, -0.25) is 4.79 Å². The average molecular weight is 414 g/mol. The maximum atomic E-state index is 12.0. The Balaban J connectivity index is 1.87. The van der Waals surface area contributed by atoms with Crippen LogP contribution in [0.25, 0.3) is 0 Å². The molecule has 24 heavy (non-hydrogen) atoms. The first-order valence-corrected chi connectivity index (χ1v) is 8.37. The number of benzene rings is 2. The van der Waals surface area contributed by atoms with Crippen molar-refractivity contribution >= 4 is 39.1 Å². The minimum atomic E-state index is -0.135. The number of nitrogens with one attached hydrogen (secondary N) is 2. The van der Waals surface area contributed by atoms with Gasteiger partial charge >= 0.3 is 0 Å². The van der Waals surface area contributed by atoms with E-state index in [1.165, 1.54) is 0 Å². The Hall–Kier alpha value is -1.92. The number of carbonyl (C=O) groups excluding carboxylic acids is 1. The van der Waals surface area contributed by atoms with Gasteiger partial charge in [0.15, 0.2) is 11.5 Å². The molecule has 0 aliphatic heterocycles. The lowest BCUT2D eigenvalue weighted by atomic mass is 10.2. The van der Waals surface area contributed by atoms with Gasteiger partial charge in [-0.25, -0.2) is 0 Å². The van der Waals surface area contributed by atoms with Crippen molar-refractivity contribution < 1.29 is 14.3 Å².